The van der Waals surface area contributed by atoms with E-state index in [1.165, 1.54) is 29.2 Å². The zero-order valence-corrected chi connectivity index (χ0v) is 20.4. The summed E-state index contributed by atoms with van der Waals surface area (Å²) in [5.41, 5.74) is 2.34. The van der Waals surface area contributed by atoms with Crippen molar-refractivity contribution in [3.8, 4) is 5.75 Å². The van der Waals surface area contributed by atoms with Gasteiger partial charge < -0.3 is 14.6 Å². The minimum absolute atomic E-state index is 0.0742. The Morgan fingerprint density at radius 2 is 1.91 bits per heavy atom. The second-order valence-electron chi connectivity index (χ2n) is 7.79. The number of hydrogen-bond acceptors (Lipinski definition) is 6. The molecule has 0 spiro atoms. The number of nitrogens with one attached hydrogen (secondary N) is 1. The van der Waals surface area contributed by atoms with Crippen molar-refractivity contribution in [3.63, 3.8) is 0 Å². The van der Waals surface area contributed by atoms with Gasteiger partial charge in [-0.3, -0.25) is 4.79 Å². The van der Waals surface area contributed by atoms with Crippen LogP contribution >= 0.6 is 11.8 Å². The molecule has 4 rings (SSSR count). The summed E-state index contributed by atoms with van der Waals surface area (Å²) in [6, 6.07) is 12.6. The Labute approximate surface area is 198 Å². The molecule has 1 saturated heterocycles. The molecule has 1 aliphatic rings. The summed E-state index contributed by atoms with van der Waals surface area (Å²) in [4.78, 5) is 17.4. The van der Waals surface area contributed by atoms with Crippen molar-refractivity contribution in [1.29, 1.82) is 0 Å². The maximum absolute atomic E-state index is 13.2. The Hall–Kier alpha value is -2.56. The lowest BCUT2D eigenvalue weighted by Gasteiger charge is -2.26. The zero-order valence-electron chi connectivity index (χ0n) is 18.8. The summed E-state index contributed by atoms with van der Waals surface area (Å²) in [6.45, 7) is 3.79. The fourth-order valence-electron chi connectivity index (χ4n) is 4.00. The minimum Gasteiger partial charge on any atom is -0.495 e. The number of piperidine rings is 1. The lowest BCUT2D eigenvalue weighted by molar-refractivity contribution is -0.113. The van der Waals surface area contributed by atoms with Crippen LogP contribution < -0.4 is 10.1 Å². The predicted octanol–water partition coefficient (Wildman–Crippen LogP) is 3.97. The van der Waals surface area contributed by atoms with Gasteiger partial charge in [-0.25, -0.2) is 13.4 Å². The number of aryl methyl sites for hydroxylation is 1. The van der Waals surface area contributed by atoms with Crippen LogP contribution in [0.3, 0.4) is 0 Å². The average Bonchev–Trinajstić information content (AvgIpc) is 3.20. The van der Waals surface area contributed by atoms with E-state index in [1.807, 2.05) is 31.2 Å². The number of para-hydroxylation sites is 2. The van der Waals surface area contributed by atoms with E-state index < -0.39 is 10.0 Å². The van der Waals surface area contributed by atoms with E-state index in [0.29, 0.717) is 18.8 Å². The molecule has 3 aromatic rings. The van der Waals surface area contributed by atoms with E-state index >= 15 is 0 Å². The summed E-state index contributed by atoms with van der Waals surface area (Å²) in [7, 11) is -2.26. The van der Waals surface area contributed by atoms with Crippen LogP contribution in [0.1, 0.15) is 26.2 Å². The van der Waals surface area contributed by atoms with Gasteiger partial charge in [0.15, 0.2) is 5.16 Å². The van der Waals surface area contributed by atoms with E-state index in [0.717, 1.165) is 42.0 Å². The molecule has 0 saturated carbocycles. The molecule has 1 N–H and O–H groups in total. The van der Waals surface area contributed by atoms with Gasteiger partial charge in [-0.2, -0.15) is 4.31 Å². The molecule has 10 heteroatoms. The predicted molar refractivity (Wildman–Crippen MR) is 130 cm³/mol. The molecule has 0 aliphatic carbocycles. The molecule has 8 nitrogen and oxygen atoms in total. The van der Waals surface area contributed by atoms with Gasteiger partial charge in [0.2, 0.25) is 15.9 Å². The number of carbonyl (C=O) groups is 1. The number of hydrogen-bond donors (Lipinski definition) is 1. The van der Waals surface area contributed by atoms with Crippen molar-refractivity contribution in [1.82, 2.24) is 13.9 Å². The standard InChI is InChI=1S/C23H28N4O4S2/c1-3-27-19-10-6-5-9-18(19)25-23(27)32-16-22(28)24-17-11-12-20(31-2)21(15-17)33(29,30)26-13-7-4-8-14-26/h5-6,9-12,15H,3-4,7-8,13-14,16H2,1-2H3,(H,24,28). The van der Waals surface area contributed by atoms with Crippen LogP contribution in [0.2, 0.25) is 0 Å². The van der Waals surface area contributed by atoms with E-state index in [9.17, 15) is 13.2 Å². The molecule has 33 heavy (non-hydrogen) atoms. The Morgan fingerprint density at radius 3 is 2.64 bits per heavy atom. The van der Waals surface area contributed by atoms with E-state index in [2.05, 4.69) is 14.9 Å². The molecule has 1 amide bonds. The number of nitrogens with zero attached hydrogens (tertiary/aromatic N) is 3. The van der Waals surface area contributed by atoms with Crippen LogP contribution in [-0.2, 0) is 21.4 Å². The summed E-state index contributed by atoms with van der Waals surface area (Å²) >= 11 is 1.35. The maximum atomic E-state index is 13.2. The first-order chi connectivity index (χ1) is 15.9. The number of benzene rings is 2. The van der Waals surface area contributed by atoms with Crippen LogP contribution in [0, 0.1) is 0 Å². The normalized spacial score (nSPS) is 15.0. The van der Waals surface area contributed by atoms with Crippen LogP contribution in [0.25, 0.3) is 11.0 Å². The van der Waals surface area contributed by atoms with Gasteiger partial charge in [0.25, 0.3) is 0 Å². The first-order valence-electron chi connectivity index (χ1n) is 11.0. The van der Waals surface area contributed by atoms with Gasteiger partial charge in [0.1, 0.15) is 10.6 Å². The second kappa shape index (κ2) is 10.1. The van der Waals surface area contributed by atoms with E-state index in [4.69, 9.17) is 4.74 Å². The van der Waals surface area contributed by atoms with Crippen molar-refractivity contribution in [2.45, 2.75) is 42.8 Å². The molecule has 1 aromatic heterocycles. The SMILES string of the molecule is CCn1c(SCC(=O)Nc2ccc(OC)c(S(=O)(=O)N3CCCCC3)c2)nc2ccccc21. The number of rotatable bonds is 8. The number of sulfonamides is 1. The third kappa shape index (κ3) is 5.02. The molecule has 176 valence electrons. The molecular formula is C23H28N4O4S2. The van der Waals surface area contributed by atoms with Crippen molar-refractivity contribution in [2.24, 2.45) is 0 Å². The molecule has 1 aliphatic heterocycles. The number of fused-ring (bicyclic) bond motifs is 1. The van der Waals surface area contributed by atoms with Gasteiger partial charge in [0, 0.05) is 25.3 Å². The number of carbonyl (C=O) groups excluding carboxylic acids is 1. The Kier molecular flexibility index (Phi) is 7.26. The molecular weight excluding hydrogens is 460 g/mol. The number of thioether (sulfide) groups is 1. The van der Waals surface area contributed by atoms with Gasteiger partial charge in [-0.15, -0.1) is 0 Å². The highest BCUT2D eigenvalue weighted by molar-refractivity contribution is 7.99. The molecule has 1 fully saturated rings. The fourth-order valence-corrected chi connectivity index (χ4v) is 6.57. The Bertz CT molecular complexity index is 1250. The highest BCUT2D eigenvalue weighted by Crippen LogP contribution is 2.31. The minimum atomic E-state index is -3.70. The Balaban J connectivity index is 1.49. The molecule has 2 heterocycles. The number of amides is 1. The zero-order chi connectivity index (χ0) is 23.4. The molecule has 2 aromatic carbocycles. The van der Waals surface area contributed by atoms with Gasteiger partial charge in [0.05, 0.1) is 23.9 Å². The molecule has 0 bridgehead atoms. The summed E-state index contributed by atoms with van der Waals surface area (Å²) in [6.07, 6.45) is 2.72. The van der Waals surface area contributed by atoms with E-state index in [-0.39, 0.29) is 22.3 Å². The lowest BCUT2D eigenvalue weighted by Crippen LogP contribution is -2.35. The maximum Gasteiger partial charge on any atom is 0.246 e. The highest BCUT2D eigenvalue weighted by atomic mass is 32.2. The largest absolute Gasteiger partial charge is 0.495 e. The van der Waals surface area contributed by atoms with Crippen molar-refractivity contribution >= 4 is 44.4 Å². The summed E-state index contributed by atoms with van der Waals surface area (Å²) in [5.74, 6) is 0.189. The first-order valence-corrected chi connectivity index (χ1v) is 13.4. The lowest BCUT2D eigenvalue weighted by atomic mass is 10.2. The van der Waals surface area contributed by atoms with E-state index in [1.54, 1.807) is 12.1 Å². The average molecular weight is 489 g/mol. The van der Waals surface area contributed by atoms with Crippen molar-refractivity contribution in [3.05, 3.63) is 42.5 Å². The smallest absolute Gasteiger partial charge is 0.246 e. The second-order valence-corrected chi connectivity index (χ2v) is 10.6. The van der Waals surface area contributed by atoms with Crippen LogP contribution in [-0.4, -0.2) is 54.1 Å². The monoisotopic (exact) mass is 488 g/mol. The van der Waals surface area contributed by atoms with Gasteiger partial charge in [-0.05, 0) is 50.1 Å². The van der Waals surface area contributed by atoms with Gasteiger partial charge in [-0.1, -0.05) is 30.3 Å². The van der Waals surface area contributed by atoms with Crippen LogP contribution in [0.4, 0.5) is 5.69 Å². The summed E-state index contributed by atoms with van der Waals surface area (Å²) in [5, 5.41) is 3.59. The van der Waals surface area contributed by atoms with Crippen molar-refractivity contribution < 1.29 is 17.9 Å². The van der Waals surface area contributed by atoms with Crippen LogP contribution in [0.15, 0.2) is 52.5 Å². The number of anilines is 1. The molecule has 0 unspecified atom stereocenters. The topological polar surface area (TPSA) is 93.5 Å². The van der Waals surface area contributed by atoms with Gasteiger partial charge >= 0.3 is 0 Å². The number of methoxy groups -OCH3 is 1. The van der Waals surface area contributed by atoms with Crippen LogP contribution in [0.5, 0.6) is 5.75 Å². The van der Waals surface area contributed by atoms with Crippen molar-refractivity contribution in [2.75, 3.05) is 31.3 Å². The quantitative estimate of drug-likeness (QED) is 0.482. The highest BCUT2D eigenvalue weighted by Gasteiger charge is 2.29. The fraction of sp³-hybridized carbons (Fsp3) is 0.391. The number of imidazole rings is 1. The third-order valence-corrected chi connectivity index (χ3v) is 8.54. The number of aromatic nitrogens is 2. The molecule has 0 radical (unpaired) electrons. The molecule has 0 atom stereocenters. The third-order valence-electron chi connectivity index (χ3n) is 5.65. The Morgan fingerprint density at radius 1 is 1.15 bits per heavy atom. The number of ether oxygens (including phenoxy) is 1. The first kappa shape index (κ1) is 23.6. The summed E-state index contributed by atoms with van der Waals surface area (Å²) < 4.78 is 35.3.